The highest BCUT2D eigenvalue weighted by atomic mass is 32.2. The average molecular weight is 318 g/mol. The predicted octanol–water partition coefficient (Wildman–Crippen LogP) is 2.83. The molecule has 0 saturated heterocycles. The zero-order chi connectivity index (χ0) is 15.1. The van der Waals surface area contributed by atoms with E-state index in [1.165, 1.54) is 23.1 Å². The monoisotopic (exact) mass is 318 g/mol. The predicted molar refractivity (Wildman–Crippen MR) is 85.4 cm³/mol. The minimum Gasteiger partial charge on any atom is -0.388 e. The van der Waals surface area contributed by atoms with E-state index in [-0.39, 0.29) is 0 Å². The summed E-state index contributed by atoms with van der Waals surface area (Å²) in [6.07, 6.45) is 1.15. The number of aliphatic hydroxyl groups is 1. The summed E-state index contributed by atoms with van der Waals surface area (Å²) >= 11 is 2.90. The van der Waals surface area contributed by atoms with Crippen molar-refractivity contribution >= 4 is 28.2 Å². The minimum absolute atomic E-state index is 0.488. The lowest BCUT2D eigenvalue weighted by atomic mass is 10.1. The van der Waals surface area contributed by atoms with Crippen molar-refractivity contribution in [2.75, 3.05) is 17.6 Å². The molecule has 0 spiro atoms. The summed E-state index contributed by atoms with van der Waals surface area (Å²) in [5.74, 6) is 0.488. The van der Waals surface area contributed by atoms with Gasteiger partial charge in [-0.05, 0) is 17.7 Å². The molecule has 0 bridgehead atoms. The van der Waals surface area contributed by atoms with Gasteiger partial charge in [-0.1, -0.05) is 41.3 Å². The molecule has 0 saturated carbocycles. The Balaban J connectivity index is 1.88. The van der Waals surface area contributed by atoms with Crippen molar-refractivity contribution in [3.05, 3.63) is 48.0 Å². The molecule has 2 aromatic rings. The Hall–Kier alpha value is -1.88. The Morgan fingerprint density at radius 1 is 1.43 bits per heavy atom. The summed E-state index contributed by atoms with van der Waals surface area (Å²) in [6.45, 7) is 4.27. The van der Waals surface area contributed by atoms with Gasteiger partial charge in [-0.15, -0.1) is 16.8 Å². The maximum absolute atomic E-state index is 10.1. The highest BCUT2D eigenvalue weighted by Gasteiger charge is 2.11. The third kappa shape index (κ3) is 4.56. The number of nitriles is 1. The maximum Gasteiger partial charge on any atom is 0.206 e. The van der Waals surface area contributed by atoms with E-state index in [2.05, 4.69) is 28.2 Å². The first-order valence-corrected chi connectivity index (χ1v) is 8.02. The smallest absolute Gasteiger partial charge is 0.206 e. The van der Waals surface area contributed by atoms with Crippen molar-refractivity contribution in [3.8, 4) is 6.07 Å². The summed E-state index contributed by atoms with van der Waals surface area (Å²) < 4.78 is 0.800. The number of aromatic nitrogens is 2. The van der Waals surface area contributed by atoms with Crippen molar-refractivity contribution in [1.82, 2.24) is 10.2 Å². The zero-order valence-corrected chi connectivity index (χ0v) is 12.8. The quantitative estimate of drug-likeness (QED) is 0.603. The third-order valence-corrected chi connectivity index (χ3v) is 4.68. The number of nitrogens with zero attached hydrogens (tertiary/aromatic N) is 3. The molecule has 1 heterocycles. The molecule has 1 aromatic carbocycles. The first-order chi connectivity index (χ1) is 10.2. The van der Waals surface area contributed by atoms with E-state index in [0.29, 0.717) is 17.9 Å². The van der Waals surface area contributed by atoms with E-state index in [1.807, 2.05) is 0 Å². The number of hydrogen-bond donors (Lipinski definition) is 2. The number of aliphatic hydroxyl groups excluding tert-OH is 1. The second-order valence-corrected chi connectivity index (χ2v) is 6.35. The van der Waals surface area contributed by atoms with E-state index in [9.17, 15) is 5.11 Å². The number of rotatable bonds is 7. The van der Waals surface area contributed by atoms with Crippen LogP contribution in [0.25, 0.3) is 0 Å². The second-order valence-electron chi connectivity index (χ2n) is 4.10. The van der Waals surface area contributed by atoms with Gasteiger partial charge in [0.15, 0.2) is 4.34 Å². The molecule has 7 heteroatoms. The van der Waals surface area contributed by atoms with Crippen LogP contribution in [0.4, 0.5) is 5.13 Å². The molecule has 21 heavy (non-hydrogen) atoms. The number of hydrogen-bond acceptors (Lipinski definition) is 7. The molecule has 0 radical (unpaired) electrons. The van der Waals surface area contributed by atoms with Gasteiger partial charge in [-0.3, -0.25) is 0 Å². The summed E-state index contributed by atoms with van der Waals surface area (Å²) in [7, 11) is 0. The van der Waals surface area contributed by atoms with Crippen LogP contribution < -0.4 is 5.32 Å². The van der Waals surface area contributed by atoms with Crippen molar-refractivity contribution in [1.29, 1.82) is 5.26 Å². The number of benzene rings is 1. The Morgan fingerprint density at radius 3 is 2.86 bits per heavy atom. The van der Waals surface area contributed by atoms with Crippen LogP contribution >= 0.6 is 23.1 Å². The van der Waals surface area contributed by atoms with Crippen LogP contribution in [0, 0.1) is 11.3 Å². The fourth-order valence-corrected chi connectivity index (χ4v) is 3.28. The lowest BCUT2D eigenvalue weighted by Crippen LogP contribution is -2.00. The molecule has 0 aliphatic carbocycles. The SMILES string of the molecule is C=CCNc1nnc(SCC(O)c2ccc(C#N)cc2)s1. The Labute approximate surface area is 131 Å². The van der Waals surface area contributed by atoms with Crippen LogP contribution in [-0.4, -0.2) is 27.6 Å². The van der Waals surface area contributed by atoms with Crippen molar-refractivity contribution in [3.63, 3.8) is 0 Å². The van der Waals surface area contributed by atoms with Crippen LogP contribution in [0.15, 0.2) is 41.3 Å². The summed E-state index contributed by atoms with van der Waals surface area (Å²) in [6, 6.07) is 8.98. The van der Waals surface area contributed by atoms with E-state index in [0.717, 1.165) is 15.0 Å². The maximum atomic E-state index is 10.1. The molecule has 108 valence electrons. The van der Waals surface area contributed by atoms with E-state index in [1.54, 1.807) is 30.3 Å². The molecule has 1 atom stereocenters. The normalized spacial score (nSPS) is 11.6. The van der Waals surface area contributed by atoms with Gasteiger partial charge in [-0.2, -0.15) is 5.26 Å². The second kappa shape index (κ2) is 7.78. The molecule has 5 nitrogen and oxygen atoms in total. The van der Waals surface area contributed by atoms with Crippen LogP contribution in [-0.2, 0) is 0 Å². The molecule has 0 aliphatic rings. The highest BCUT2D eigenvalue weighted by Crippen LogP contribution is 2.29. The average Bonchev–Trinajstić information content (AvgIpc) is 2.98. The topological polar surface area (TPSA) is 81.8 Å². The molecular weight excluding hydrogens is 304 g/mol. The van der Waals surface area contributed by atoms with Gasteiger partial charge in [0, 0.05) is 12.3 Å². The van der Waals surface area contributed by atoms with Gasteiger partial charge in [0.25, 0.3) is 0 Å². The number of thioether (sulfide) groups is 1. The highest BCUT2D eigenvalue weighted by molar-refractivity contribution is 8.01. The molecule has 1 unspecified atom stereocenters. The van der Waals surface area contributed by atoms with E-state index >= 15 is 0 Å². The van der Waals surface area contributed by atoms with Gasteiger partial charge >= 0.3 is 0 Å². The minimum atomic E-state index is -0.601. The van der Waals surface area contributed by atoms with Crippen molar-refractivity contribution in [2.45, 2.75) is 10.4 Å². The van der Waals surface area contributed by atoms with Crippen LogP contribution in [0.2, 0.25) is 0 Å². The van der Waals surface area contributed by atoms with Gasteiger partial charge in [-0.25, -0.2) is 0 Å². The zero-order valence-electron chi connectivity index (χ0n) is 11.2. The Kier molecular flexibility index (Phi) is 5.75. The Morgan fingerprint density at radius 2 is 2.19 bits per heavy atom. The van der Waals surface area contributed by atoms with Crippen molar-refractivity contribution < 1.29 is 5.11 Å². The molecule has 1 aromatic heterocycles. The lowest BCUT2D eigenvalue weighted by molar-refractivity contribution is 0.204. The summed E-state index contributed by atoms with van der Waals surface area (Å²) in [5.41, 5.74) is 1.37. The fraction of sp³-hybridized carbons (Fsp3) is 0.214. The number of anilines is 1. The van der Waals surface area contributed by atoms with Gasteiger partial charge in [0.2, 0.25) is 5.13 Å². The summed E-state index contributed by atoms with van der Waals surface area (Å²) in [4.78, 5) is 0. The molecule has 0 fully saturated rings. The molecule has 0 amide bonds. The lowest BCUT2D eigenvalue weighted by Gasteiger charge is -2.09. The molecule has 2 rings (SSSR count). The standard InChI is InChI=1S/C14H14N4OS2/c1-2-7-16-13-17-18-14(21-13)20-9-12(19)11-5-3-10(8-15)4-6-11/h2-6,12,19H,1,7,9H2,(H,16,17). The Bertz CT molecular complexity index is 633. The van der Waals surface area contributed by atoms with Crippen LogP contribution in [0.1, 0.15) is 17.2 Å². The fourth-order valence-electron chi connectivity index (χ4n) is 1.53. The van der Waals surface area contributed by atoms with Gasteiger partial charge in [0.05, 0.1) is 17.7 Å². The molecule has 2 N–H and O–H groups in total. The van der Waals surface area contributed by atoms with Crippen molar-refractivity contribution in [2.24, 2.45) is 0 Å². The van der Waals surface area contributed by atoms with Gasteiger partial charge < -0.3 is 10.4 Å². The van der Waals surface area contributed by atoms with Crippen LogP contribution in [0.3, 0.4) is 0 Å². The van der Waals surface area contributed by atoms with Gasteiger partial charge in [0.1, 0.15) is 0 Å². The third-order valence-electron chi connectivity index (χ3n) is 2.59. The largest absolute Gasteiger partial charge is 0.388 e. The van der Waals surface area contributed by atoms with Crippen LogP contribution in [0.5, 0.6) is 0 Å². The number of nitrogens with one attached hydrogen (secondary N) is 1. The van der Waals surface area contributed by atoms with E-state index < -0.39 is 6.10 Å². The first-order valence-electron chi connectivity index (χ1n) is 6.22. The molecular formula is C14H14N4OS2. The first kappa shape index (κ1) is 15.5. The van der Waals surface area contributed by atoms with E-state index in [4.69, 9.17) is 5.26 Å². The molecule has 0 aliphatic heterocycles. The summed E-state index contributed by atoms with van der Waals surface area (Å²) in [5, 5.41) is 30.7.